The molecule has 0 spiro atoms. The van der Waals surface area contributed by atoms with Crippen molar-refractivity contribution in [3.63, 3.8) is 0 Å². The second-order valence-corrected chi connectivity index (χ2v) is 7.56. The molecule has 168 valence electrons. The number of methoxy groups -OCH3 is 2. The number of aromatic nitrogens is 1. The molecule has 0 atom stereocenters. The maximum absolute atomic E-state index is 12.7. The van der Waals surface area contributed by atoms with Crippen molar-refractivity contribution in [3.8, 4) is 28.7 Å². The number of phenols is 1. The largest absolute Gasteiger partial charge is 0.507 e. The summed E-state index contributed by atoms with van der Waals surface area (Å²) < 4.78 is 16.2. The molecule has 3 N–H and O–H groups in total. The Morgan fingerprint density at radius 2 is 1.88 bits per heavy atom. The summed E-state index contributed by atoms with van der Waals surface area (Å²) in [6.45, 7) is 1.75. The van der Waals surface area contributed by atoms with Gasteiger partial charge in [-0.15, -0.1) is 0 Å². The van der Waals surface area contributed by atoms with Gasteiger partial charge in [0.15, 0.2) is 10.7 Å². The minimum atomic E-state index is -0.443. The van der Waals surface area contributed by atoms with E-state index in [0.717, 1.165) is 0 Å². The van der Waals surface area contributed by atoms with Gasteiger partial charge in [0.2, 0.25) is 5.89 Å². The Bertz CT molecular complexity index is 1330. The summed E-state index contributed by atoms with van der Waals surface area (Å²) in [5, 5.41) is 16.2. The molecule has 3 aromatic carbocycles. The standard InChI is InChI=1S/C24H21N3O5S/c1-13-10-14(11-17(21(13)28)23-26-18-6-4-5-7-19(18)32-23)25-24(33)27-22(29)16-9-8-15(30-2)12-20(16)31-3/h4-12,28H,1-3H3,(H2,25,27,29,33). The van der Waals surface area contributed by atoms with Crippen LogP contribution in [0.4, 0.5) is 5.69 Å². The number of nitrogens with one attached hydrogen (secondary N) is 2. The number of carbonyl (C=O) groups excluding carboxylic acids is 1. The van der Waals surface area contributed by atoms with Crippen LogP contribution in [0, 0.1) is 6.92 Å². The van der Waals surface area contributed by atoms with Crippen LogP contribution in [0.1, 0.15) is 15.9 Å². The third-order valence-electron chi connectivity index (χ3n) is 4.96. The summed E-state index contributed by atoms with van der Waals surface area (Å²) >= 11 is 5.32. The van der Waals surface area contributed by atoms with Gasteiger partial charge in [-0.25, -0.2) is 4.98 Å². The lowest BCUT2D eigenvalue weighted by Crippen LogP contribution is -2.34. The summed E-state index contributed by atoms with van der Waals surface area (Å²) in [7, 11) is 3.00. The minimum Gasteiger partial charge on any atom is -0.507 e. The van der Waals surface area contributed by atoms with E-state index in [1.54, 1.807) is 43.3 Å². The number of amides is 1. The lowest BCUT2D eigenvalue weighted by molar-refractivity contribution is 0.0974. The van der Waals surface area contributed by atoms with Crippen molar-refractivity contribution in [2.45, 2.75) is 6.92 Å². The Balaban J connectivity index is 1.55. The van der Waals surface area contributed by atoms with Gasteiger partial charge in [-0.05, 0) is 61.1 Å². The SMILES string of the molecule is COc1ccc(C(=O)NC(=S)Nc2cc(C)c(O)c(-c3nc4ccccc4o3)c2)c(OC)c1. The number of carbonyl (C=O) groups is 1. The zero-order valence-electron chi connectivity index (χ0n) is 18.1. The van der Waals surface area contributed by atoms with Crippen molar-refractivity contribution in [1.82, 2.24) is 10.3 Å². The first-order chi connectivity index (χ1) is 15.9. The lowest BCUT2D eigenvalue weighted by atomic mass is 10.1. The molecule has 0 saturated carbocycles. The molecule has 0 unspecified atom stereocenters. The molecular weight excluding hydrogens is 442 g/mol. The molecule has 0 aliphatic rings. The first-order valence-electron chi connectivity index (χ1n) is 9.93. The second-order valence-electron chi connectivity index (χ2n) is 7.15. The highest BCUT2D eigenvalue weighted by Crippen LogP contribution is 2.36. The maximum Gasteiger partial charge on any atom is 0.261 e. The molecule has 1 amide bonds. The van der Waals surface area contributed by atoms with Crippen molar-refractivity contribution in [2.24, 2.45) is 0 Å². The zero-order valence-corrected chi connectivity index (χ0v) is 18.9. The highest BCUT2D eigenvalue weighted by atomic mass is 32.1. The second kappa shape index (κ2) is 9.17. The van der Waals surface area contributed by atoms with Crippen LogP contribution in [0.3, 0.4) is 0 Å². The van der Waals surface area contributed by atoms with E-state index in [2.05, 4.69) is 15.6 Å². The van der Waals surface area contributed by atoms with Crippen molar-refractivity contribution in [3.05, 3.63) is 65.7 Å². The van der Waals surface area contributed by atoms with E-state index < -0.39 is 5.91 Å². The Kier molecular flexibility index (Phi) is 6.14. The molecule has 1 heterocycles. The Labute approximate surface area is 195 Å². The lowest BCUT2D eigenvalue weighted by Gasteiger charge is -2.14. The molecule has 4 rings (SSSR count). The fourth-order valence-corrected chi connectivity index (χ4v) is 3.53. The van der Waals surface area contributed by atoms with Gasteiger partial charge in [-0.3, -0.25) is 10.1 Å². The molecular formula is C24H21N3O5S. The summed E-state index contributed by atoms with van der Waals surface area (Å²) in [6.07, 6.45) is 0. The summed E-state index contributed by atoms with van der Waals surface area (Å²) in [5.74, 6) is 0.800. The van der Waals surface area contributed by atoms with Gasteiger partial charge < -0.3 is 24.3 Å². The zero-order chi connectivity index (χ0) is 23.5. The third-order valence-corrected chi connectivity index (χ3v) is 5.17. The fraction of sp³-hybridized carbons (Fsp3) is 0.125. The molecule has 0 fully saturated rings. The normalized spacial score (nSPS) is 10.6. The number of thiocarbonyl (C=S) groups is 1. The van der Waals surface area contributed by atoms with E-state index in [0.29, 0.717) is 45.0 Å². The van der Waals surface area contributed by atoms with Crippen LogP contribution in [0.15, 0.2) is 59.0 Å². The van der Waals surface area contributed by atoms with Gasteiger partial charge in [0.25, 0.3) is 5.91 Å². The molecule has 0 bridgehead atoms. The van der Waals surface area contributed by atoms with Crippen molar-refractivity contribution in [2.75, 3.05) is 19.5 Å². The number of nitrogens with zero attached hydrogens (tertiary/aromatic N) is 1. The van der Waals surface area contributed by atoms with Gasteiger partial charge in [0.05, 0.1) is 25.3 Å². The van der Waals surface area contributed by atoms with Crippen LogP contribution in [0.25, 0.3) is 22.6 Å². The molecule has 4 aromatic rings. The third kappa shape index (κ3) is 4.58. The van der Waals surface area contributed by atoms with Gasteiger partial charge in [0.1, 0.15) is 22.8 Å². The molecule has 8 nitrogen and oxygen atoms in total. The minimum absolute atomic E-state index is 0.0463. The number of anilines is 1. The molecule has 0 saturated heterocycles. The Hall–Kier alpha value is -4.11. The first kappa shape index (κ1) is 22.1. The summed E-state index contributed by atoms with van der Waals surface area (Å²) in [5.41, 5.74) is 3.13. The number of aryl methyl sites for hydroxylation is 1. The van der Waals surface area contributed by atoms with Crippen LogP contribution >= 0.6 is 12.2 Å². The molecule has 1 aromatic heterocycles. The van der Waals surface area contributed by atoms with Crippen molar-refractivity contribution < 1.29 is 23.8 Å². The predicted octanol–water partition coefficient (Wildman–Crippen LogP) is 4.65. The summed E-state index contributed by atoms with van der Waals surface area (Å²) in [4.78, 5) is 17.2. The van der Waals surface area contributed by atoms with E-state index in [-0.39, 0.29) is 16.8 Å². The van der Waals surface area contributed by atoms with E-state index in [1.807, 2.05) is 18.2 Å². The van der Waals surface area contributed by atoms with Crippen LogP contribution < -0.4 is 20.1 Å². The maximum atomic E-state index is 12.7. The van der Waals surface area contributed by atoms with Crippen LogP contribution in [-0.4, -0.2) is 35.3 Å². The van der Waals surface area contributed by atoms with Gasteiger partial charge in [0, 0.05) is 11.8 Å². The molecule has 0 aliphatic heterocycles. The van der Waals surface area contributed by atoms with E-state index in [4.69, 9.17) is 26.1 Å². The molecule has 9 heteroatoms. The predicted molar refractivity (Wildman–Crippen MR) is 129 cm³/mol. The van der Waals surface area contributed by atoms with Crippen LogP contribution in [0.2, 0.25) is 0 Å². The average Bonchev–Trinajstić information content (AvgIpc) is 3.24. The van der Waals surface area contributed by atoms with E-state index in [1.165, 1.54) is 14.2 Å². The van der Waals surface area contributed by atoms with Crippen molar-refractivity contribution >= 4 is 40.0 Å². The number of benzene rings is 3. The molecule has 0 aliphatic carbocycles. The van der Waals surface area contributed by atoms with Crippen LogP contribution in [-0.2, 0) is 0 Å². The van der Waals surface area contributed by atoms with E-state index >= 15 is 0 Å². The molecule has 33 heavy (non-hydrogen) atoms. The van der Waals surface area contributed by atoms with E-state index in [9.17, 15) is 9.90 Å². The number of para-hydroxylation sites is 2. The van der Waals surface area contributed by atoms with Gasteiger partial charge in [-0.1, -0.05) is 12.1 Å². The molecule has 0 radical (unpaired) electrons. The average molecular weight is 464 g/mol. The van der Waals surface area contributed by atoms with Gasteiger partial charge in [-0.2, -0.15) is 0 Å². The fourth-order valence-electron chi connectivity index (χ4n) is 3.32. The number of hydrogen-bond acceptors (Lipinski definition) is 7. The Morgan fingerprint density at radius 1 is 1.09 bits per heavy atom. The number of fused-ring (bicyclic) bond motifs is 1. The number of ether oxygens (including phenoxy) is 2. The highest BCUT2D eigenvalue weighted by molar-refractivity contribution is 7.80. The van der Waals surface area contributed by atoms with Crippen molar-refractivity contribution in [1.29, 1.82) is 0 Å². The first-order valence-corrected chi connectivity index (χ1v) is 10.3. The quantitative estimate of drug-likeness (QED) is 0.290. The van der Waals surface area contributed by atoms with Crippen LogP contribution in [0.5, 0.6) is 17.2 Å². The number of aromatic hydroxyl groups is 1. The monoisotopic (exact) mass is 463 g/mol. The highest BCUT2D eigenvalue weighted by Gasteiger charge is 2.18. The number of rotatable bonds is 5. The summed E-state index contributed by atoms with van der Waals surface area (Å²) in [6, 6.07) is 15.5. The number of hydrogen-bond donors (Lipinski definition) is 3. The van der Waals surface area contributed by atoms with Gasteiger partial charge >= 0.3 is 0 Å². The number of phenolic OH excluding ortho intramolecular Hbond substituents is 1. The Morgan fingerprint density at radius 3 is 2.61 bits per heavy atom. The number of oxazole rings is 1. The topological polar surface area (TPSA) is 106 Å². The smallest absolute Gasteiger partial charge is 0.261 e.